The minimum absolute atomic E-state index is 0.398. The van der Waals surface area contributed by atoms with Crippen molar-refractivity contribution in [3.8, 4) is 28.0 Å². The first kappa shape index (κ1) is 16.7. The van der Waals surface area contributed by atoms with Crippen LogP contribution >= 0.6 is 0 Å². The fraction of sp³-hybridized carbons (Fsp3) is 0.105. The number of hydrogen-bond donors (Lipinski definition) is 2. The second-order valence-corrected chi connectivity index (χ2v) is 6.87. The molecule has 3 aromatic rings. The molecule has 1 aliphatic heterocycles. The van der Waals surface area contributed by atoms with Crippen molar-refractivity contribution in [2.75, 3.05) is 18.5 Å². The topological polar surface area (TPSA) is 77.2 Å². The van der Waals surface area contributed by atoms with Gasteiger partial charge in [-0.15, -0.1) is 0 Å². The summed E-state index contributed by atoms with van der Waals surface area (Å²) in [6.45, 7) is 1.25. The monoisotopic (exact) mass is 369 g/mol. The standard InChI is InChI=1S/C19H16FN3O2S/c20-16-9-12(15-3-1-2-4-18(15)26(21)24)5-6-14(16)13-10-17-19(23-11-13)22-7-8-25-17/h1-6,9-11H,7-8,21H2,(H,22,23). The Balaban J connectivity index is 1.75. The molecule has 26 heavy (non-hydrogen) atoms. The van der Waals surface area contributed by atoms with E-state index in [9.17, 15) is 8.60 Å². The van der Waals surface area contributed by atoms with Crippen LogP contribution in [0.25, 0.3) is 22.3 Å². The zero-order valence-corrected chi connectivity index (χ0v) is 14.6. The predicted molar refractivity (Wildman–Crippen MR) is 99.6 cm³/mol. The van der Waals surface area contributed by atoms with E-state index < -0.39 is 16.8 Å². The number of halogens is 1. The van der Waals surface area contributed by atoms with Crippen molar-refractivity contribution < 1.29 is 13.3 Å². The van der Waals surface area contributed by atoms with Gasteiger partial charge in [0.25, 0.3) is 0 Å². The number of hydrogen-bond acceptors (Lipinski definition) is 4. The fourth-order valence-corrected chi connectivity index (χ4v) is 3.58. The molecule has 0 aliphatic carbocycles. The summed E-state index contributed by atoms with van der Waals surface area (Å²) >= 11 is 0. The van der Waals surface area contributed by atoms with Gasteiger partial charge >= 0.3 is 0 Å². The Morgan fingerprint density at radius 3 is 2.77 bits per heavy atom. The Hall–Kier alpha value is -2.77. The molecule has 4 rings (SSSR count). The van der Waals surface area contributed by atoms with Crippen LogP contribution in [0.1, 0.15) is 0 Å². The van der Waals surface area contributed by atoms with E-state index in [0.717, 1.165) is 0 Å². The predicted octanol–water partition coefficient (Wildman–Crippen LogP) is 3.34. The molecule has 0 bridgehead atoms. The number of benzene rings is 2. The largest absolute Gasteiger partial charge is 0.488 e. The van der Waals surface area contributed by atoms with Gasteiger partial charge in [0.05, 0.1) is 11.4 Å². The highest BCUT2D eigenvalue weighted by molar-refractivity contribution is 7.82. The SMILES string of the molecule is NS(=O)c1ccccc1-c1ccc(-c2cnc3c(c2)OCCN3)c(F)c1. The van der Waals surface area contributed by atoms with Crippen molar-refractivity contribution in [1.82, 2.24) is 4.98 Å². The van der Waals surface area contributed by atoms with Crippen molar-refractivity contribution in [3.05, 3.63) is 60.5 Å². The number of anilines is 1. The van der Waals surface area contributed by atoms with Gasteiger partial charge < -0.3 is 10.1 Å². The molecule has 0 saturated heterocycles. The van der Waals surface area contributed by atoms with Gasteiger partial charge in [0.1, 0.15) is 23.4 Å². The highest BCUT2D eigenvalue weighted by atomic mass is 32.2. The van der Waals surface area contributed by atoms with Crippen LogP contribution in [0.3, 0.4) is 0 Å². The lowest BCUT2D eigenvalue weighted by Gasteiger charge is -2.18. The van der Waals surface area contributed by atoms with Crippen LogP contribution in [-0.2, 0) is 11.0 Å². The lowest BCUT2D eigenvalue weighted by molar-refractivity contribution is 0.321. The Morgan fingerprint density at radius 2 is 1.96 bits per heavy atom. The number of pyridine rings is 1. The van der Waals surface area contributed by atoms with Gasteiger partial charge in [-0.25, -0.2) is 18.7 Å². The molecule has 1 aliphatic rings. The molecule has 3 N–H and O–H groups in total. The van der Waals surface area contributed by atoms with Crippen molar-refractivity contribution in [3.63, 3.8) is 0 Å². The summed E-state index contributed by atoms with van der Waals surface area (Å²) in [7, 11) is -1.65. The maximum absolute atomic E-state index is 14.8. The van der Waals surface area contributed by atoms with E-state index in [1.54, 1.807) is 48.7 Å². The summed E-state index contributed by atoms with van der Waals surface area (Å²) < 4.78 is 32.1. The third-order valence-electron chi connectivity index (χ3n) is 4.20. The number of aromatic nitrogens is 1. The maximum Gasteiger partial charge on any atom is 0.168 e. The summed E-state index contributed by atoms with van der Waals surface area (Å²) in [4.78, 5) is 4.76. The summed E-state index contributed by atoms with van der Waals surface area (Å²) in [5.41, 5.74) is 2.32. The molecule has 132 valence electrons. The van der Waals surface area contributed by atoms with Gasteiger partial charge in [-0.1, -0.05) is 30.3 Å². The quantitative estimate of drug-likeness (QED) is 0.742. The molecule has 1 unspecified atom stereocenters. The molecule has 0 spiro atoms. The number of nitrogens with zero attached hydrogens (tertiary/aromatic N) is 1. The summed E-state index contributed by atoms with van der Waals surface area (Å²) in [5.74, 6) is 0.878. The Morgan fingerprint density at radius 1 is 1.12 bits per heavy atom. The molecule has 1 atom stereocenters. The second kappa shape index (κ2) is 6.86. The maximum atomic E-state index is 14.8. The lowest BCUT2D eigenvalue weighted by Crippen LogP contribution is -2.18. The molecular formula is C19H16FN3O2S. The van der Waals surface area contributed by atoms with Crippen LogP contribution in [0.5, 0.6) is 5.75 Å². The first-order valence-electron chi connectivity index (χ1n) is 8.06. The van der Waals surface area contributed by atoms with E-state index in [1.807, 2.05) is 0 Å². The van der Waals surface area contributed by atoms with E-state index in [4.69, 9.17) is 9.88 Å². The van der Waals surface area contributed by atoms with Crippen LogP contribution in [0.15, 0.2) is 59.6 Å². The van der Waals surface area contributed by atoms with Gasteiger partial charge in [-0.3, -0.25) is 0 Å². The van der Waals surface area contributed by atoms with E-state index >= 15 is 0 Å². The zero-order valence-electron chi connectivity index (χ0n) is 13.7. The highest BCUT2D eigenvalue weighted by Crippen LogP contribution is 2.34. The minimum Gasteiger partial charge on any atom is -0.488 e. The lowest BCUT2D eigenvalue weighted by atomic mass is 10.0. The zero-order chi connectivity index (χ0) is 18.1. The first-order chi connectivity index (χ1) is 12.6. The molecule has 0 fully saturated rings. The van der Waals surface area contributed by atoms with Gasteiger partial charge in [0.15, 0.2) is 11.6 Å². The third kappa shape index (κ3) is 3.07. The number of nitrogens with one attached hydrogen (secondary N) is 1. The molecule has 5 nitrogen and oxygen atoms in total. The second-order valence-electron chi connectivity index (χ2n) is 5.83. The average molecular weight is 369 g/mol. The molecule has 7 heteroatoms. The average Bonchev–Trinajstić information content (AvgIpc) is 2.67. The minimum atomic E-state index is -1.65. The van der Waals surface area contributed by atoms with Crippen LogP contribution in [0.4, 0.5) is 10.2 Å². The van der Waals surface area contributed by atoms with Crippen molar-refractivity contribution in [2.24, 2.45) is 5.14 Å². The van der Waals surface area contributed by atoms with Crippen molar-refractivity contribution in [1.29, 1.82) is 0 Å². The highest BCUT2D eigenvalue weighted by Gasteiger charge is 2.15. The van der Waals surface area contributed by atoms with E-state index in [0.29, 0.717) is 51.9 Å². The van der Waals surface area contributed by atoms with Crippen molar-refractivity contribution >= 4 is 16.8 Å². The molecule has 0 saturated carbocycles. The summed E-state index contributed by atoms with van der Waals surface area (Å²) in [6.07, 6.45) is 1.61. The van der Waals surface area contributed by atoms with Gasteiger partial charge in [-0.2, -0.15) is 0 Å². The number of fused-ring (bicyclic) bond motifs is 1. The fourth-order valence-electron chi connectivity index (χ4n) is 2.96. The summed E-state index contributed by atoms with van der Waals surface area (Å²) in [6, 6.07) is 13.7. The van der Waals surface area contributed by atoms with Gasteiger partial charge in [0.2, 0.25) is 0 Å². The van der Waals surface area contributed by atoms with Crippen LogP contribution in [0.2, 0.25) is 0 Å². The summed E-state index contributed by atoms with van der Waals surface area (Å²) in [5, 5.41) is 8.66. The molecule has 0 amide bonds. The molecular weight excluding hydrogens is 353 g/mol. The number of rotatable bonds is 3. The smallest absolute Gasteiger partial charge is 0.168 e. The Bertz CT molecular complexity index is 1010. The molecule has 0 radical (unpaired) electrons. The molecule has 2 aromatic carbocycles. The van der Waals surface area contributed by atoms with Gasteiger partial charge in [0, 0.05) is 17.3 Å². The van der Waals surface area contributed by atoms with E-state index in [2.05, 4.69) is 10.3 Å². The van der Waals surface area contributed by atoms with Gasteiger partial charge in [-0.05, 0) is 29.3 Å². The first-order valence-corrected chi connectivity index (χ1v) is 9.27. The molecule has 1 aromatic heterocycles. The van der Waals surface area contributed by atoms with Crippen LogP contribution in [-0.4, -0.2) is 22.3 Å². The van der Waals surface area contributed by atoms with Crippen LogP contribution in [0, 0.1) is 5.82 Å². The van der Waals surface area contributed by atoms with Crippen molar-refractivity contribution in [2.45, 2.75) is 4.90 Å². The van der Waals surface area contributed by atoms with E-state index in [-0.39, 0.29) is 0 Å². The Labute approximate surface area is 152 Å². The molecule has 2 heterocycles. The van der Waals surface area contributed by atoms with E-state index in [1.165, 1.54) is 6.07 Å². The van der Waals surface area contributed by atoms with Crippen LogP contribution < -0.4 is 15.2 Å². The normalized spacial score (nSPS) is 14.1. The number of nitrogens with two attached hydrogens (primary N) is 1. The number of ether oxygens (including phenoxy) is 1. The third-order valence-corrected chi connectivity index (χ3v) is 4.99. The Kier molecular flexibility index (Phi) is 4.40.